The molecule has 1 saturated heterocycles. The van der Waals surface area contributed by atoms with Crippen LogP contribution in [-0.2, 0) is 4.74 Å². The number of carbonyl (C=O) groups excluding carboxylic acids is 1. The average molecular weight is 346 g/mol. The molecule has 1 radical (unpaired) electrons. The molecule has 0 spiro atoms. The molecule has 1 aliphatic rings. The maximum atomic E-state index is 12.0. The molecule has 1 fully saturated rings. The van der Waals surface area contributed by atoms with E-state index in [1.54, 1.807) is 26.8 Å². The van der Waals surface area contributed by atoms with E-state index in [1.807, 2.05) is 6.07 Å². The van der Waals surface area contributed by atoms with Gasteiger partial charge in [0, 0.05) is 42.4 Å². The van der Waals surface area contributed by atoms with Crippen molar-refractivity contribution in [3.05, 3.63) is 28.3 Å². The number of nitrogens with zero attached hydrogens (tertiary/aromatic N) is 2. The third-order valence-electron chi connectivity index (χ3n) is 3.81. The maximum Gasteiger partial charge on any atom is 0.307 e. The van der Waals surface area contributed by atoms with Crippen LogP contribution in [0, 0.1) is 10.1 Å². The molecule has 1 heterocycles. The molecule has 0 aliphatic carbocycles. The highest BCUT2D eigenvalue weighted by Gasteiger charge is 2.26. The molecule has 135 valence electrons. The lowest BCUT2D eigenvalue weighted by atomic mass is 9.69. The Morgan fingerprint density at radius 3 is 2.44 bits per heavy atom. The molecule has 0 bridgehead atoms. The molecule has 1 N–H and O–H groups in total. The van der Waals surface area contributed by atoms with Gasteiger partial charge in [-0.05, 0) is 40.7 Å². The van der Waals surface area contributed by atoms with Crippen molar-refractivity contribution in [1.82, 2.24) is 5.32 Å². The van der Waals surface area contributed by atoms with Gasteiger partial charge in [0.2, 0.25) is 0 Å². The molecular formula is C17H25BN3O4. The van der Waals surface area contributed by atoms with E-state index in [-0.39, 0.29) is 11.2 Å². The Balaban J connectivity index is 2.23. The summed E-state index contributed by atoms with van der Waals surface area (Å²) >= 11 is 0. The average Bonchev–Trinajstić information content (AvgIpc) is 2.44. The van der Waals surface area contributed by atoms with Crippen LogP contribution in [0.15, 0.2) is 18.2 Å². The number of piperazine rings is 1. The second kappa shape index (κ2) is 7.43. The van der Waals surface area contributed by atoms with Crippen LogP contribution < -0.4 is 15.7 Å². The predicted molar refractivity (Wildman–Crippen MR) is 99.0 cm³/mol. The zero-order valence-corrected chi connectivity index (χ0v) is 15.4. The summed E-state index contributed by atoms with van der Waals surface area (Å²) in [5.74, 6) is -0.590. The number of benzene rings is 1. The van der Waals surface area contributed by atoms with Crippen molar-refractivity contribution in [2.24, 2.45) is 0 Å². The Hall–Kier alpha value is -2.09. The summed E-state index contributed by atoms with van der Waals surface area (Å²) in [6.45, 7) is 11.0. The van der Waals surface area contributed by atoms with Crippen LogP contribution in [-0.4, -0.2) is 48.8 Å². The van der Waals surface area contributed by atoms with Gasteiger partial charge in [0.05, 0.1) is 4.92 Å². The van der Waals surface area contributed by atoms with E-state index in [0.29, 0.717) is 12.1 Å². The minimum absolute atomic E-state index is 0.0952. The molecule has 8 heteroatoms. The largest absolute Gasteiger partial charge is 0.468 e. The van der Waals surface area contributed by atoms with E-state index in [9.17, 15) is 14.9 Å². The first-order valence-electron chi connectivity index (χ1n) is 8.42. The van der Waals surface area contributed by atoms with Crippen LogP contribution in [0.4, 0.5) is 16.2 Å². The van der Waals surface area contributed by atoms with Crippen LogP contribution in [0.25, 0.3) is 0 Å². The summed E-state index contributed by atoms with van der Waals surface area (Å²) in [5, 5.41) is 14.9. The molecule has 1 aromatic carbocycles. The zero-order chi connectivity index (χ0) is 18.8. The Kier molecular flexibility index (Phi) is 5.72. The Labute approximate surface area is 149 Å². The number of nitrogens with one attached hydrogen (secondary N) is 1. The molecule has 0 saturated carbocycles. The van der Waals surface area contributed by atoms with E-state index in [1.165, 1.54) is 13.3 Å². The van der Waals surface area contributed by atoms with Crippen LogP contribution in [0.5, 0.6) is 0 Å². The van der Waals surface area contributed by atoms with E-state index in [4.69, 9.17) is 4.74 Å². The SMILES string of the molecule is C[C@@H]1CN(c2ccc([B]C(=O)OC(C)(C)C)c([N+](=O)[O-])c2)C[C@H](C)N1. The minimum Gasteiger partial charge on any atom is -0.468 e. The first-order chi connectivity index (χ1) is 11.5. The number of anilines is 1. The van der Waals surface area contributed by atoms with Crippen molar-refractivity contribution in [1.29, 1.82) is 0 Å². The van der Waals surface area contributed by atoms with Crippen molar-refractivity contribution in [2.45, 2.75) is 52.3 Å². The van der Waals surface area contributed by atoms with Gasteiger partial charge in [0.15, 0.2) is 0 Å². The third-order valence-corrected chi connectivity index (χ3v) is 3.81. The summed E-state index contributed by atoms with van der Waals surface area (Å²) in [7, 11) is 1.18. The smallest absolute Gasteiger partial charge is 0.307 e. The lowest BCUT2D eigenvalue weighted by Crippen LogP contribution is -2.54. The number of carbonyl (C=O) groups is 1. The van der Waals surface area contributed by atoms with Crippen molar-refractivity contribution in [2.75, 3.05) is 18.0 Å². The first kappa shape index (κ1) is 19.2. The lowest BCUT2D eigenvalue weighted by molar-refractivity contribution is -0.383. The highest BCUT2D eigenvalue weighted by Crippen LogP contribution is 2.22. The Bertz CT molecular complexity index is 650. The van der Waals surface area contributed by atoms with Crippen molar-refractivity contribution < 1.29 is 14.5 Å². The van der Waals surface area contributed by atoms with Gasteiger partial charge in [-0.25, -0.2) is 0 Å². The fourth-order valence-electron chi connectivity index (χ4n) is 3.00. The quantitative estimate of drug-likeness (QED) is 0.510. The summed E-state index contributed by atoms with van der Waals surface area (Å²) < 4.78 is 5.22. The molecule has 1 aliphatic heterocycles. The second-order valence-corrected chi connectivity index (χ2v) is 7.55. The van der Waals surface area contributed by atoms with Crippen LogP contribution in [0.1, 0.15) is 34.6 Å². The Morgan fingerprint density at radius 1 is 1.32 bits per heavy atom. The fraction of sp³-hybridized carbons (Fsp3) is 0.588. The van der Waals surface area contributed by atoms with E-state index in [0.717, 1.165) is 18.8 Å². The van der Waals surface area contributed by atoms with Crippen molar-refractivity contribution in [3.8, 4) is 0 Å². The third kappa shape index (κ3) is 5.46. The van der Waals surface area contributed by atoms with E-state index in [2.05, 4.69) is 24.1 Å². The van der Waals surface area contributed by atoms with Gasteiger partial charge in [-0.1, -0.05) is 6.07 Å². The first-order valence-corrected chi connectivity index (χ1v) is 8.42. The van der Waals surface area contributed by atoms with Crippen molar-refractivity contribution in [3.63, 3.8) is 0 Å². The lowest BCUT2D eigenvalue weighted by Gasteiger charge is -2.37. The fourth-order valence-corrected chi connectivity index (χ4v) is 3.00. The summed E-state index contributed by atoms with van der Waals surface area (Å²) in [5.41, 5.74) is 0.296. The molecule has 7 nitrogen and oxygen atoms in total. The monoisotopic (exact) mass is 346 g/mol. The van der Waals surface area contributed by atoms with Crippen molar-refractivity contribution >= 4 is 30.0 Å². The number of nitro benzene ring substituents is 1. The molecule has 0 amide bonds. The number of hydrogen-bond donors (Lipinski definition) is 1. The number of nitro groups is 1. The summed E-state index contributed by atoms with van der Waals surface area (Å²) in [4.78, 5) is 25.1. The molecular weight excluding hydrogens is 321 g/mol. The number of rotatable bonds is 4. The topological polar surface area (TPSA) is 84.7 Å². The van der Waals surface area contributed by atoms with Crippen LogP contribution in [0.2, 0.25) is 0 Å². The van der Waals surface area contributed by atoms with Gasteiger partial charge in [0.25, 0.3) is 11.6 Å². The number of ether oxygens (including phenoxy) is 1. The molecule has 0 unspecified atom stereocenters. The summed E-state index contributed by atoms with van der Waals surface area (Å²) in [6.07, 6.45) is 0. The minimum atomic E-state index is -0.643. The van der Waals surface area contributed by atoms with Gasteiger partial charge < -0.3 is 15.0 Å². The molecule has 2 rings (SSSR count). The molecule has 25 heavy (non-hydrogen) atoms. The van der Waals surface area contributed by atoms with Gasteiger partial charge in [-0.3, -0.25) is 14.9 Å². The highest BCUT2D eigenvalue weighted by atomic mass is 16.6. The highest BCUT2D eigenvalue weighted by molar-refractivity contribution is 6.83. The van der Waals surface area contributed by atoms with Gasteiger partial charge in [-0.15, -0.1) is 0 Å². The van der Waals surface area contributed by atoms with Crippen LogP contribution in [0.3, 0.4) is 0 Å². The zero-order valence-electron chi connectivity index (χ0n) is 15.4. The standard InChI is InChI=1S/C17H25BN3O4/c1-11-9-20(10-12(2)19-11)13-6-7-14(15(8-13)21(23)24)18-16(22)25-17(3,4)5/h6-8,11-12,19H,9-10H2,1-5H3/t11-,12+. The second-order valence-electron chi connectivity index (χ2n) is 7.55. The molecule has 2 atom stereocenters. The summed E-state index contributed by atoms with van der Waals surface area (Å²) in [6, 6.07) is 5.55. The molecule has 0 aromatic heterocycles. The van der Waals surface area contributed by atoms with Crippen LogP contribution >= 0.6 is 0 Å². The van der Waals surface area contributed by atoms with Gasteiger partial charge >= 0.3 is 7.28 Å². The van der Waals surface area contributed by atoms with E-state index >= 15 is 0 Å². The number of hydrogen-bond acceptors (Lipinski definition) is 6. The predicted octanol–water partition coefficient (Wildman–Crippen LogP) is 2.05. The molecule has 1 aromatic rings. The van der Waals surface area contributed by atoms with Gasteiger partial charge in [0.1, 0.15) is 5.60 Å². The Morgan fingerprint density at radius 2 is 1.92 bits per heavy atom. The van der Waals surface area contributed by atoms with E-state index < -0.39 is 16.4 Å². The normalized spacial score (nSPS) is 20.9. The van der Waals surface area contributed by atoms with Gasteiger partial charge in [-0.2, -0.15) is 0 Å². The maximum absolute atomic E-state index is 12.0.